The zero-order chi connectivity index (χ0) is 17.9. The highest BCUT2D eigenvalue weighted by Crippen LogP contribution is 2.23. The Balaban J connectivity index is 2.43. The molecule has 1 amide bonds. The Morgan fingerprint density at radius 1 is 1.21 bits per heavy atom. The van der Waals surface area contributed by atoms with Gasteiger partial charge in [0.15, 0.2) is 0 Å². The summed E-state index contributed by atoms with van der Waals surface area (Å²) in [7, 11) is -4.09. The first-order valence-electron chi connectivity index (χ1n) is 6.41. The van der Waals surface area contributed by atoms with Gasteiger partial charge in [0.2, 0.25) is 10.0 Å². The summed E-state index contributed by atoms with van der Waals surface area (Å²) in [4.78, 5) is 12.2. The van der Waals surface area contributed by atoms with Crippen LogP contribution in [0.5, 0.6) is 0 Å². The number of halogens is 1. The first kappa shape index (κ1) is 17.9. The van der Waals surface area contributed by atoms with E-state index in [1.54, 1.807) is 0 Å². The molecule has 124 valence electrons. The first-order valence-corrected chi connectivity index (χ1v) is 8.33. The molecule has 5 N–H and O–H groups in total. The maximum Gasteiger partial charge on any atom is 0.273 e. The second-order valence-corrected chi connectivity index (χ2v) is 6.56. The van der Waals surface area contributed by atoms with Gasteiger partial charge in [-0.1, -0.05) is 11.6 Å². The van der Waals surface area contributed by atoms with Crippen LogP contribution in [-0.2, 0) is 10.0 Å². The summed E-state index contributed by atoms with van der Waals surface area (Å²) >= 11 is 5.79. The molecule has 0 saturated carbocycles. The third-order valence-corrected chi connectivity index (χ3v) is 4.46. The van der Waals surface area contributed by atoms with Gasteiger partial charge in [0.25, 0.3) is 5.91 Å². The van der Waals surface area contributed by atoms with Crippen molar-refractivity contribution in [1.29, 1.82) is 5.26 Å². The Bertz CT molecular complexity index is 922. The van der Waals surface area contributed by atoms with Gasteiger partial charge in [-0.2, -0.15) is 10.8 Å². The van der Waals surface area contributed by atoms with Crippen LogP contribution in [0, 0.1) is 11.3 Å². The fourth-order valence-electron chi connectivity index (χ4n) is 1.92. The lowest BCUT2D eigenvalue weighted by atomic mass is 10.2. The molecule has 2 rings (SSSR count). The number of benzene rings is 2. The van der Waals surface area contributed by atoms with E-state index in [0.717, 1.165) is 11.1 Å². The van der Waals surface area contributed by atoms with E-state index in [9.17, 15) is 13.2 Å². The lowest BCUT2D eigenvalue weighted by Crippen LogP contribution is -2.47. The van der Waals surface area contributed by atoms with E-state index in [-0.39, 0.29) is 15.5 Å². The molecule has 0 bridgehead atoms. The van der Waals surface area contributed by atoms with Crippen LogP contribution in [0.4, 0.5) is 5.69 Å². The van der Waals surface area contributed by atoms with Gasteiger partial charge in [-0.25, -0.2) is 18.6 Å². The number of hydrazine groups is 2. The van der Waals surface area contributed by atoms with Gasteiger partial charge in [-0.3, -0.25) is 10.6 Å². The number of nitriles is 1. The SMILES string of the molecule is N#Cc1ccc(N(NN)C(=O)c2ccc(Cl)c(S(N)(=O)=O)c2)cc1. The quantitative estimate of drug-likeness (QED) is 0.542. The molecule has 0 heterocycles. The molecule has 0 saturated heterocycles. The monoisotopic (exact) mass is 365 g/mol. The van der Waals surface area contributed by atoms with Crippen molar-refractivity contribution in [3.8, 4) is 6.07 Å². The fourth-order valence-corrected chi connectivity index (χ4v) is 2.99. The van der Waals surface area contributed by atoms with E-state index >= 15 is 0 Å². The van der Waals surface area contributed by atoms with Gasteiger partial charge in [-0.05, 0) is 42.5 Å². The minimum Gasteiger partial charge on any atom is -0.267 e. The van der Waals surface area contributed by atoms with E-state index in [0.29, 0.717) is 11.3 Å². The molecule has 0 aliphatic rings. The van der Waals surface area contributed by atoms with Gasteiger partial charge >= 0.3 is 0 Å². The van der Waals surface area contributed by atoms with Crippen LogP contribution in [0.2, 0.25) is 5.02 Å². The van der Waals surface area contributed by atoms with Crippen molar-refractivity contribution in [2.24, 2.45) is 11.0 Å². The molecule has 0 unspecified atom stereocenters. The maximum absolute atomic E-state index is 12.6. The average molecular weight is 366 g/mol. The second kappa shape index (κ2) is 6.96. The van der Waals surface area contributed by atoms with Crippen molar-refractivity contribution in [3.63, 3.8) is 0 Å². The Morgan fingerprint density at radius 3 is 2.33 bits per heavy atom. The van der Waals surface area contributed by atoms with E-state index in [4.69, 9.17) is 27.8 Å². The molecule has 24 heavy (non-hydrogen) atoms. The summed E-state index contributed by atoms with van der Waals surface area (Å²) in [6.45, 7) is 0. The number of primary sulfonamides is 1. The number of nitrogens with zero attached hydrogens (tertiary/aromatic N) is 2. The number of rotatable bonds is 4. The summed E-state index contributed by atoms with van der Waals surface area (Å²) in [6.07, 6.45) is 0. The second-order valence-electron chi connectivity index (χ2n) is 4.62. The molecule has 8 nitrogen and oxygen atoms in total. The molecular formula is C14H12ClN5O3S. The van der Waals surface area contributed by atoms with Crippen LogP contribution < -0.4 is 21.5 Å². The number of sulfonamides is 1. The highest BCUT2D eigenvalue weighted by molar-refractivity contribution is 7.89. The van der Waals surface area contributed by atoms with Crippen molar-refractivity contribution in [2.45, 2.75) is 4.90 Å². The summed E-state index contributed by atoms with van der Waals surface area (Å²) in [6, 6.07) is 11.6. The third kappa shape index (κ3) is 3.70. The summed E-state index contributed by atoms with van der Waals surface area (Å²) in [5.74, 6) is 4.75. The Hall–Kier alpha value is -2.48. The van der Waals surface area contributed by atoms with Crippen molar-refractivity contribution >= 4 is 33.2 Å². The van der Waals surface area contributed by atoms with Crippen molar-refractivity contribution < 1.29 is 13.2 Å². The number of amides is 1. The lowest BCUT2D eigenvalue weighted by molar-refractivity contribution is 0.0974. The smallest absolute Gasteiger partial charge is 0.267 e. The molecule has 0 atom stereocenters. The minimum absolute atomic E-state index is 0.00531. The van der Waals surface area contributed by atoms with Crippen molar-refractivity contribution in [1.82, 2.24) is 5.53 Å². The molecule has 0 fully saturated rings. The van der Waals surface area contributed by atoms with E-state index in [2.05, 4.69) is 5.53 Å². The fraction of sp³-hybridized carbons (Fsp3) is 0. The molecule has 10 heteroatoms. The highest BCUT2D eigenvalue weighted by Gasteiger charge is 2.21. The number of carbonyl (C=O) groups is 1. The number of nitrogens with one attached hydrogen (secondary N) is 1. The summed E-state index contributed by atoms with van der Waals surface area (Å²) in [5.41, 5.74) is 2.98. The largest absolute Gasteiger partial charge is 0.273 e. The Labute approximate surface area is 143 Å². The predicted molar refractivity (Wildman–Crippen MR) is 88.1 cm³/mol. The van der Waals surface area contributed by atoms with Crippen LogP contribution in [-0.4, -0.2) is 14.3 Å². The average Bonchev–Trinajstić information content (AvgIpc) is 2.55. The number of hydrogen-bond acceptors (Lipinski definition) is 6. The van der Waals surface area contributed by atoms with Crippen LogP contribution >= 0.6 is 11.6 Å². The van der Waals surface area contributed by atoms with Crippen molar-refractivity contribution in [2.75, 3.05) is 5.01 Å². The summed E-state index contributed by atoms with van der Waals surface area (Å²) < 4.78 is 23.0. The van der Waals surface area contributed by atoms with E-state index < -0.39 is 15.9 Å². The lowest BCUT2D eigenvalue weighted by Gasteiger charge is -2.21. The molecule has 0 aliphatic carbocycles. The van der Waals surface area contributed by atoms with E-state index in [1.807, 2.05) is 6.07 Å². The third-order valence-electron chi connectivity index (χ3n) is 3.07. The maximum atomic E-state index is 12.6. The number of anilines is 1. The standard InChI is InChI=1S/C14H12ClN5O3S/c15-12-6-3-10(7-13(12)24(18,22)23)14(21)20(19-17)11-4-1-9(8-16)2-5-11/h1-7,19H,17H2,(H2,18,22,23). The minimum atomic E-state index is -4.09. The topological polar surface area (TPSA) is 142 Å². The predicted octanol–water partition coefficient (Wildman–Crippen LogP) is 0.884. The molecule has 0 aromatic heterocycles. The van der Waals surface area contributed by atoms with Crippen LogP contribution in [0.1, 0.15) is 15.9 Å². The normalized spacial score (nSPS) is 10.9. The van der Waals surface area contributed by atoms with Gasteiger partial charge in [0, 0.05) is 5.56 Å². The van der Waals surface area contributed by atoms with Crippen LogP contribution in [0.3, 0.4) is 0 Å². The Morgan fingerprint density at radius 2 is 1.83 bits per heavy atom. The zero-order valence-corrected chi connectivity index (χ0v) is 13.7. The molecule has 0 spiro atoms. The molecule has 0 aliphatic heterocycles. The summed E-state index contributed by atoms with van der Waals surface area (Å²) in [5, 5.41) is 14.7. The van der Waals surface area contributed by atoms with Crippen LogP contribution in [0.15, 0.2) is 47.4 Å². The number of hydrogen-bond donors (Lipinski definition) is 3. The van der Waals surface area contributed by atoms with Gasteiger partial charge in [0.05, 0.1) is 22.3 Å². The van der Waals surface area contributed by atoms with Crippen LogP contribution in [0.25, 0.3) is 0 Å². The molecular weight excluding hydrogens is 354 g/mol. The first-order chi connectivity index (χ1) is 11.3. The van der Waals surface area contributed by atoms with Gasteiger partial charge in [0.1, 0.15) is 4.90 Å². The molecule has 0 radical (unpaired) electrons. The number of nitrogens with two attached hydrogens (primary N) is 2. The number of carbonyl (C=O) groups excluding carboxylic acids is 1. The molecule has 2 aromatic carbocycles. The van der Waals surface area contributed by atoms with E-state index in [1.165, 1.54) is 36.4 Å². The van der Waals surface area contributed by atoms with Gasteiger partial charge < -0.3 is 0 Å². The zero-order valence-electron chi connectivity index (χ0n) is 12.1. The Kier molecular flexibility index (Phi) is 5.18. The van der Waals surface area contributed by atoms with Gasteiger partial charge in [-0.15, -0.1) is 0 Å². The molecule has 2 aromatic rings. The van der Waals surface area contributed by atoms with Crippen molar-refractivity contribution in [3.05, 3.63) is 58.6 Å². The highest BCUT2D eigenvalue weighted by atomic mass is 35.5.